The molecule has 2 heterocycles. The molecule has 4 aliphatic rings. The van der Waals surface area contributed by atoms with Gasteiger partial charge in [0.15, 0.2) is 0 Å². The molecular formula is C35H31N3S. The number of fused-ring (bicyclic) bond motifs is 6. The molecule has 0 amide bonds. The largest absolute Gasteiger partial charge is 0.374 e. The third kappa shape index (κ3) is 2.60. The topological polar surface area (TPSA) is 50.4 Å². The summed E-state index contributed by atoms with van der Waals surface area (Å²) in [6.07, 6.45) is 2.29. The van der Waals surface area contributed by atoms with E-state index in [1.165, 1.54) is 60.2 Å². The van der Waals surface area contributed by atoms with Gasteiger partial charge in [-0.25, -0.2) is 4.99 Å². The van der Waals surface area contributed by atoms with E-state index in [1.807, 2.05) is 11.3 Å². The molecule has 3 nitrogen and oxygen atoms in total. The van der Waals surface area contributed by atoms with Crippen molar-refractivity contribution >= 4 is 50.0 Å². The Morgan fingerprint density at radius 3 is 2.03 bits per heavy atom. The SMILES string of the molecule is CC1CC2C3Nc4c(-c5ccc6ccccc6c5)sc(-c5ccc6ccccc6c5)c4N=C3C3(N)CC(C)C123. The number of hydrogen-bond donors (Lipinski definition) is 2. The number of nitrogens with two attached hydrogens (primary N) is 1. The molecule has 9 rings (SSSR count). The molecule has 1 aromatic heterocycles. The Bertz CT molecular complexity index is 1880. The maximum Gasteiger partial charge on any atom is 0.105 e. The fourth-order valence-corrected chi connectivity index (χ4v) is 10.5. The van der Waals surface area contributed by atoms with E-state index in [2.05, 4.69) is 104 Å². The Hall–Kier alpha value is -3.47. The lowest BCUT2D eigenvalue weighted by atomic mass is 9.36. The zero-order chi connectivity index (χ0) is 26.1. The minimum Gasteiger partial charge on any atom is -0.374 e. The second-order valence-corrected chi connectivity index (χ2v) is 13.5. The van der Waals surface area contributed by atoms with Gasteiger partial charge in [-0.05, 0) is 75.4 Å². The van der Waals surface area contributed by atoms with E-state index in [-0.39, 0.29) is 17.0 Å². The van der Waals surface area contributed by atoms with E-state index in [1.54, 1.807) is 0 Å². The monoisotopic (exact) mass is 525 g/mol. The Morgan fingerprint density at radius 2 is 1.41 bits per heavy atom. The summed E-state index contributed by atoms with van der Waals surface area (Å²) in [6, 6.07) is 31.2. The molecule has 192 valence electrons. The van der Waals surface area contributed by atoms with Gasteiger partial charge in [-0.1, -0.05) is 86.6 Å². The number of rotatable bonds is 2. The number of anilines is 1. The summed E-state index contributed by atoms with van der Waals surface area (Å²) in [5.41, 5.74) is 13.2. The van der Waals surface area contributed by atoms with Gasteiger partial charge in [0, 0.05) is 5.41 Å². The van der Waals surface area contributed by atoms with E-state index in [0.717, 1.165) is 12.1 Å². The standard InChI is InChI=1S/C35H31N3S/c1-19-15-27-28-33(34(36)18-20(2)35(19,27)34)38-30-29(37-28)31(25-13-11-21-7-3-5-9-23(21)16-25)39-32(30)26-14-12-22-8-4-6-10-24(22)17-26/h3-14,16-17,19-20,27-28,37H,15,18,36H2,1-2H3. The molecule has 6 unspecified atom stereocenters. The first-order chi connectivity index (χ1) is 19.0. The number of hydrogen-bond acceptors (Lipinski definition) is 4. The lowest BCUT2D eigenvalue weighted by Crippen LogP contribution is -2.75. The first-order valence-electron chi connectivity index (χ1n) is 14.3. The first-order valence-corrected chi connectivity index (χ1v) is 15.1. The highest BCUT2D eigenvalue weighted by Crippen LogP contribution is 2.76. The van der Waals surface area contributed by atoms with Crippen LogP contribution in [-0.4, -0.2) is 17.3 Å². The molecule has 1 spiro atoms. The Kier molecular flexibility index (Phi) is 4.23. The minimum atomic E-state index is -0.282. The van der Waals surface area contributed by atoms with Gasteiger partial charge in [-0.3, -0.25) is 0 Å². The predicted molar refractivity (Wildman–Crippen MR) is 165 cm³/mol. The van der Waals surface area contributed by atoms with Crippen molar-refractivity contribution in [3.05, 3.63) is 84.9 Å². The molecule has 1 aliphatic heterocycles. The molecular weight excluding hydrogens is 494 g/mol. The van der Waals surface area contributed by atoms with Gasteiger partial charge in [0.1, 0.15) is 5.69 Å². The Labute approximate surface area is 232 Å². The summed E-state index contributed by atoms with van der Waals surface area (Å²) >= 11 is 1.87. The highest BCUT2D eigenvalue weighted by Gasteiger charge is 2.80. The Balaban J connectivity index is 1.28. The normalized spacial score (nSPS) is 31.8. The lowest BCUT2D eigenvalue weighted by molar-refractivity contribution is -0.176. The molecule has 6 atom stereocenters. The zero-order valence-electron chi connectivity index (χ0n) is 22.2. The second-order valence-electron chi connectivity index (χ2n) is 12.5. The third-order valence-electron chi connectivity index (χ3n) is 10.8. The van der Waals surface area contributed by atoms with E-state index in [9.17, 15) is 0 Å². The Morgan fingerprint density at radius 1 is 0.795 bits per heavy atom. The number of nitrogens with zero attached hydrogens (tertiary/aromatic N) is 1. The van der Waals surface area contributed by atoms with Gasteiger partial charge < -0.3 is 11.1 Å². The van der Waals surface area contributed by atoms with Crippen LogP contribution in [-0.2, 0) is 0 Å². The van der Waals surface area contributed by atoms with E-state index in [4.69, 9.17) is 10.7 Å². The number of thiophene rings is 1. The quantitative estimate of drug-likeness (QED) is 0.242. The highest BCUT2D eigenvalue weighted by molar-refractivity contribution is 7.20. The number of aliphatic imine (C=N–C) groups is 1. The summed E-state index contributed by atoms with van der Waals surface area (Å²) in [6.45, 7) is 4.84. The fourth-order valence-electron chi connectivity index (χ4n) is 9.28. The van der Waals surface area contributed by atoms with Crippen molar-refractivity contribution in [3.8, 4) is 20.9 Å². The van der Waals surface area contributed by atoms with Crippen molar-refractivity contribution in [1.82, 2.24) is 0 Å². The van der Waals surface area contributed by atoms with Crippen molar-refractivity contribution in [2.24, 2.45) is 33.9 Å². The molecule has 3 N–H and O–H groups in total. The van der Waals surface area contributed by atoms with Crippen LogP contribution < -0.4 is 11.1 Å². The third-order valence-corrected chi connectivity index (χ3v) is 12.1. The van der Waals surface area contributed by atoms with Crippen LogP contribution in [0.2, 0.25) is 0 Å². The summed E-state index contributed by atoms with van der Waals surface area (Å²) < 4.78 is 0. The molecule has 3 aliphatic carbocycles. The van der Waals surface area contributed by atoms with E-state index < -0.39 is 0 Å². The van der Waals surface area contributed by atoms with Crippen LogP contribution in [0.5, 0.6) is 0 Å². The average molecular weight is 526 g/mol. The highest BCUT2D eigenvalue weighted by atomic mass is 32.1. The van der Waals surface area contributed by atoms with Crippen LogP contribution >= 0.6 is 11.3 Å². The molecule has 5 aromatic rings. The van der Waals surface area contributed by atoms with Crippen molar-refractivity contribution in [2.75, 3.05) is 5.32 Å². The average Bonchev–Trinajstić information content (AvgIpc) is 3.38. The van der Waals surface area contributed by atoms with E-state index in [0.29, 0.717) is 17.8 Å². The first kappa shape index (κ1) is 22.4. The van der Waals surface area contributed by atoms with Gasteiger partial charge >= 0.3 is 0 Å². The number of benzene rings is 4. The summed E-state index contributed by atoms with van der Waals surface area (Å²) in [4.78, 5) is 8.08. The van der Waals surface area contributed by atoms with Crippen LogP contribution in [0.3, 0.4) is 0 Å². The molecule has 3 fully saturated rings. The molecule has 0 saturated heterocycles. The van der Waals surface area contributed by atoms with E-state index >= 15 is 0 Å². The summed E-state index contributed by atoms with van der Waals surface area (Å²) in [5.74, 6) is 1.88. The number of nitrogens with one attached hydrogen (secondary N) is 1. The molecule has 39 heavy (non-hydrogen) atoms. The fraction of sp³-hybridized carbons (Fsp3) is 0.286. The maximum absolute atomic E-state index is 7.35. The van der Waals surface area contributed by atoms with Crippen molar-refractivity contribution in [2.45, 2.75) is 38.3 Å². The summed E-state index contributed by atoms with van der Waals surface area (Å²) in [7, 11) is 0. The zero-order valence-corrected chi connectivity index (χ0v) is 23.1. The van der Waals surface area contributed by atoms with Crippen molar-refractivity contribution in [1.29, 1.82) is 0 Å². The smallest absolute Gasteiger partial charge is 0.105 e. The van der Waals surface area contributed by atoms with Gasteiger partial charge in [0.05, 0.1) is 32.7 Å². The molecule has 4 heteroatoms. The van der Waals surface area contributed by atoms with Crippen LogP contribution in [0, 0.1) is 23.2 Å². The second kappa shape index (κ2) is 7.38. The van der Waals surface area contributed by atoms with Crippen LogP contribution in [0.15, 0.2) is 89.9 Å². The molecule has 4 aromatic carbocycles. The van der Waals surface area contributed by atoms with Crippen molar-refractivity contribution < 1.29 is 0 Å². The minimum absolute atomic E-state index is 0.197. The molecule has 0 radical (unpaired) electrons. The van der Waals surface area contributed by atoms with Gasteiger partial charge in [0.2, 0.25) is 0 Å². The molecule has 3 saturated carbocycles. The van der Waals surface area contributed by atoms with Gasteiger partial charge in [0.25, 0.3) is 0 Å². The van der Waals surface area contributed by atoms with Crippen LogP contribution in [0.4, 0.5) is 11.4 Å². The van der Waals surface area contributed by atoms with Crippen molar-refractivity contribution in [3.63, 3.8) is 0 Å². The lowest BCUT2D eigenvalue weighted by Gasteiger charge is -2.69. The predicted octanol–water partition coefficient (Wildman–Crippen LogP) is 8.65. The van der Waals surface area contributed by atoms with Gasteiger partial charge in [-0.15, -0.1) is 11.3 Å². The summed E-state index contributed by atoms with van der Waals surface area (Å²) in [5, 5.41) is 9.15. The maximum atomic E-state index is 7.35. The van der Waals surface area contributed by atoms with Gasteiger partial charge in [-0.2, -0.15) is 0 Å². The van der Waals surface area contributed by atoms with Crippen LogP contribution in [0.1, 0.15) is 26.7 Å². The van der Waals surface area contributed by atoms with Crippen LogP contribution in [0.25, 0.3) is 42.4 Å². The molecule has 0 bridgehead atoms.